The number of halogens is 1. The predicted octanol–water partition coefficient (Wildman–Crippen LogP) is 4.33. The molecule has 1 nitrogen and oxygen atoms in total. The lowest BCUT2D eigenvalue weighted by Gasteiger charge is -1.99. The van der Waals surface area contributed by atoms with E-state index >= 15 is 0 Å². The van der Waals surface area contributed by atoms with Crippen molar-refractivity contribution in [2.45, 2.75) is 4.90 Å². The van der Waals surface area contributed by atoms with Crippen molar-refractivity contribution < 1.29 is 4.39 Å². The standard InChI is InChI=1S/C14H12FNS/c15-14(10-11-4-2-1-3-5-11)17-13-8-6-12(16)7-9-13/h1-10H,16H2. The Hall–Kier alpha value is -1.74. The number of hydrogen-bond donors (Lipinski definition) is 1. The summed E-state index contributed by atoms with van der Waals surface area (Å²) in [5, 5.41) is -0.235. The Labute approximate surface area is 104 Å². The van der Waals surface area contributed by atoms with Crippen molar-refractivity contribution in [1.29, 1.82) is 0 Å². The summed E-state index contributed by atoms with van der Waals surface area (Å²) < 4.78 is 13.7. The molecular weight excluding hydrogens is 233 g/mol. The van der Waals surface area contributed by atoms with Gasteiger partial charge in [0.15, 0.2) is 5.16 Å². The molecule has 3 heteroatoms. The number of rotatable bonds is 3. The first-order valence-electron chi connectivity index (χ1n) is 5.20. The molecule has 86 valence electrons. The molecule has 2 rings (SSSR count). The molecule has 0 atom stereocenters. The lowest BCUT2D eigenvalue weighted by molar-refractivity contribution is 0.706. The average Bonchev–Trinajstić information content (AvgIpc) is 2.33. The minimum atomic E-state index is -0.235. The van der Waals surface area contributed by atoms with E-state index in [-0.39, 0.29) is 5.16 Å². The fourth-order valence-corrected chi connectivity index (χ4v) is 2.05. The van der Waals surface area contributed by atoms with E-state index in [0.717, 1.165) is 22.2 Å². The molecule has 2 aromatic carbocycles. The van der Waals surface area contributed by atoms with Gasteiger partial charge in [-0.05, 0) is 35.9 Å². The molecule has 0 aliphatic heterocycles. The molecule has 0 aliphatic carbocycles. The van der Waals surface area contributed by atoms with Crippen molar-refractivity contribution in [3.05, 3.63) is 65.3 Å². The first kappa shape index (κ1) is 11.7. The molecule has 0 bridgehead atoms. The van der Waals surface area contributed by atoms with Gasteiger partial charge in [0.2, 0.25) is 0 Å². The van der Waals surface area contributed by atoms with Crippen molar-refractivity contribution >= 4 is 23.5 Å². The first-order valence-corrected chi connectivity index (χ1v) is 6.01. The molecule has 0 heterocycles. The molecule has 0 radical (unpaired) electrons. The average molecular weight is 245 g/mol. The second-order valence-corrected chi connectivity index (χ2v) is 4.60. The van der Waals surface area contributed by atoms with Crippen LogP contribution < -0.4 is 5.73 Å². The van der Waals surface area contributed by atoms with Crippen molar-refractivity contribution in [2.75, 3.05) is 5.73 Å². The van der Waals surface area contributed by atoms with Gasteiger partial charge in [0.05, 0.1) is 0 Å². The molecule has 0 aromatic heterocycles. The lowest BCUT2D eigenvalue weighted by Crippen LogP contribution is -1.82. The quantitative estimate of drug-likeness (QED) is 0.643. The molecule has 0 fully saturated rings. The minimum absolute atomic E-state index is 0.235. The molecule has 0 amide bonds. The van der Waals surface area contributed by atoms with Gasteiger partial charge in [-0.3, -0.25) is 0 Å². The maximum atomic E-state index is 13.7. The fraction of sp³-hybridized carbons (Fsp3) is 0. The van der Waals surface area contributed by atoms with E-state index in [1.165, 1.54) is 6.08 Å². The third kappa shape index (κ3) is 3.64. The largest absolute Gasteiger partial charge is 0.399 e. The second kappa shape index (κ2) is 5.55. The van der Waals surface area contributed by atoms with E-state index in [9.17, 15) is 4.39 Å². The van der Waals surface area contributed by atoms with Crippen molar-refractivity contribution in [2.24, 2.45) is 0 Å². The van der Waals surface area contributed by atoms with Crippen LogP contribution in [0.15, 0.2) is 64.7 Å². The Bertz CT molecular complexity index is 506. The number of thioether (sulfide) groups is 1. The second-order valence-electron chi connectivity index (χ2n) is 3.53. The Kier molecular flexibility index (Phi) is 3.83. The highest BCUT2D eigenvalue weighted by Gasteiger charge is 1.99. The zero-order valence-electron chi connectivity index (χ0n) is 9.14. The molecule has 17 heavy (non-hydrogen) atoms. The summed E-state index contributed by atoms with van der Waals surface area (Å²) in [5.74, 6) is 0. The zero-order valence-corrected chi connectivity index (χ0v) is 9.95. The number of anilines is 1. The summed E-state index contributed by atoms with van der Waals surface area (Å²) in [4.78, 5) is 0.837. The lowest BCUT2D eigenvalue weighted by atomic mass is 10.2. The number of nitrogens with two attached hydrogens (primary N) is 1. The van der Waals surface area contributed by atoms with Gasteiger partial charge in [-0.25, -0.2) is 0 Å². The number of hydrogen-bond acceptors (Lipinski definition) is 2. The van der Waals surface area contributed by atoms with Crippen LogP contribution in [0.4, 0.5) is 10.1 Å². The molecular formula is C14H12FNS. The van der Waals surface area contributed by atoms with Crippen molar-refractivity contribution in [3.63, 3.8) is 0 Å². The Morgan fingerprint density at radius 3 is 2.29 bits per heavy atom. The van der Waals surface area contributed by atoms with Crippen LogP contribution in [0.1, 0.15) is 5.56 Å². The summed E-state index contributed by atoms with van der Waals surface area (Å²) in [6.45, 7) is 0. The zero-order chi connectivity index (χ0) is 12.1. The molecule has 0 aliphatic rings. The smallest absolute Gasteiger partial charge is 0.161 e. The number of benzene rings is 2. The van der Waals surface area contributed by atoms with E-state index in [0.29, 0.717) is 5.69 Å². The van der Waals surface area contributed by atoms with E-state index in [1.54, 1.807) is 24.3 Å². The highest BCUT2D eigenvalue weighted by molar-refractivity contribution is 8.03. The maximum absolute atomic E-state index is 13.7. The summed E-state index contributed by atoms with van der Waals surface area (Å²) in [7, 11) is 0. The molecule has 0 unspecified atom stereocenters. The van der Waals surface area contributed by atoms with Crippen LogP contribution >= 0.6 is 11.8 Å². The molecule has 0 saturated carbocycles. The summed E-state index contributed by atoms with van der Waals surface area (Å²) in [6.07, 6.45) is 1.51. The van der Waals surface area contributed by atoms with Crippen LogP contribution in [0.3, 0.4) is 0 Å². The van der Waals surface area contributed by atoms with E-state index < -0.39 is 0 Å². The molecule has 2 aromatic rings. The van der Waals surface area contributed by atoms with E-state index in [1.807, 2.05) is 30.3 Å². The van der Waals surface area contributed by atoms with Gasteiger partial charge >= 0.3 is 0 Å². The van der Waals surface area contributed by atoms with E-state index in [4.69, 9.17) is 5.73 Å². The van der Waals surface area contributed by atoms with Crippen molar-refractivity contribution in [1.82, 2.24) is 0 Å². The van der Waals surface area contributed by atoms with E-state index in [2.05, 4.69) is 0 Å². The molecule has 0 saturated heterocycles. The van der Waals surface area contributed by atoms with Crippen LogP contribution in [0.25, 0.3) is 6.08 Å². The van der Waals surface area contributed by atoms with Crippen LogP contribution in [0, 0.1) is 0 Å². The highest BCUT2D eigenvalue weighted by Crippen LogP contribution is 2.29. The SMILES string of the molecule is Nc1ccc(SC(F)=Cc2ccccc2)cc1. The van der Waals surface area contributed by atoms with Gasteiger partial charge < -0.3 is 5.73 Å². The van der Waals surface area contributed by atoms with Gasteiger partial charge in [-0.1, -0.05) is 42.1 Å². The third-order valence-electron chi connectivity index (χ3n) is 2.18. The normalized spacial score (nSPS) is 11.5. The summed E-state index contributed by atoms with van der Waals surface area (Å²) >= 11 is 1.09. The van der Waals surface area contributed by atoms with Crippen LogP contribution in [0.5, 0.6) is 0 Å². The Morgan fingerprint density at radius 2 is 1.65 bits per heavy atom. The fourth-order valence-electron chi connectivity index (χ4n) is 1.36. The Balaban J connectivity index is 2.09. The van der Waals surface area contributed by atoms with Gasteiger partial charge in [-0.15, -0.1) is 0 Å². The topological polar surface area (TPSA) is 26.0 Å². The third-order valence-corrected chi connectivity index (χ3v) is 3.00. The summed E-state index contributed by atoms with van der Waals surface area (Å²) in [6, 6.07) is 16.5. The number of nitrogen functional groups attached to an aromatic ring is 1. The van der Waals surface area contributed by atoms with Gasteiger partial charge in [0.25, 0.3) is 0 Å². The highest BCUT2D eigenvalue weighted by atomic mass is 32.2. The van der Waals surface area contributed by atoms with Crippen molar-refractivity contribution in [3.8, 4) is 0 Å². The molecule has 0 spiro atoms. The maximum Gasteiger partial charge on any atom is 0.161 e. The van der Waals surface area contributed by atoms with Gasteiger partial charge in [0.1, 0.15) is 0 Å². The predicted molar refractivity (Wildman–Crippen MR) is 72.2 cm³/mol. The first-order chi connectivity index (χ1) is 8.24. The monoisotopic (exact) mass is 245 g/mol. The van der Waals surface area contributed by atoms with Crippen LogP contribution in [0.2, 0.25) is 0 Å². The van der Waals surface area contributed by atoms with Crippen LogP contribution in [-0.4, -0.2) is 0 Å². The van der Waals surface area contributed by atoms with Gasteiger partial charge in [-0.2, -0.15) is 4.39 Å². The van der Waals surface area contributed by atoms with Gasteiger partial charge in [0, 0.05) is 10.6 Å². The molecule has 2 N–H and O–H groups in total. The minimum Gasteiger partial charge on any atom is -0.399 e. The Morgan fingerprint density at radius 1 is 1.00 bits per heavy atom. The van der Waals surface area contributed by atoms with Crippen LogP contribution in [-0.2, 0) is 0 Å². The summed E-state index contributed by atoms with van der Waals surface area (Å²) in [5.41, 5.74) is 7.10.